The third kappa shape index (κ3) is 6.22. The highest BCUT2D eigenvalue weighted by molar-refractivity contribution is 7.86. The van der Waals surface area contributed by atoms with E-state index in [4.69, 9.17) is 14.3 Å². The van der Waals surface area contributed by atoms with Gasteiger partial charge in [0, 0.05) is 12.1 Å². The zero-order valence-electron chi connectivity index (χ0n) is 19.6. The number of carbonyl (C=O) groups is 1. The molecule has 0 saturated heterocycles. The number of nitrogens with two attached hydrogens (primary N) is 1. The number of rotatable bonds is 10. The van der Waals surface area contributed by atoms with E-state index in [1.807, 2.05) is 32.0 Å². The molecule has 0 aliphatic heterocycles. The summed E-state index contributed by atoms with van der Waals surface area (Å²) in [6, 6.07) is 11.5. The first-order valence-electron chi connectivity index (χ1n) is 10.7. The van der Waals surface area contributed by atoms with Gasteiger partial charge in [0.05, 0.1) is 0 Å². The highest BCUT2D eigenvalue weighted by Gasteiger charge is 2.35. The standard InChI is InChI=1S/C24H29N3O6S/c1-15(2)22(24(28)29)27(34(25,30)31)12-18-6-5-7-20(11-18)32-13-19-14-33-23(26-19)21-10-16(3)8-9-17(21)4/h5-11,14-15,22H,12-13H2,1-4H3,(H,28,29)(H2,25,30,31)/t22-/m0/s1. The summed E-state index contributed by atoms with van der Waals surface area (Å²) in [5.41, 5.74) is 4.19. The van der Waals surface area contributed by atoms with Gasteiger partial charge in [0.15, 0.2) is 0 Å². The second-order valence-electron chi connectivity index (χ2n) is 8.52. The van der Waals surface area contributed by atoms with Gasteiger partial charge in [-0.15, -0.1) is 0 Å². The third-order valence-electron chi connectivity index (χ3n) is 5.32. The average molecular weight is 488 g/mol. The lowest BCUT2D eigenvalue weighted by Crippen LogP contribution is -2.50. The van der Waals surface area contributed by atoms with Crippen molar-refractivity contribution in [3.63, 3.8) is 0 Å². The first-order chi connectivity index (χ1) is 16.0. The summed E-state index contributed by atoms with van der Waals surface area (Å²) in [6.45, 7) is 7.17. The zero-order chi connectivity index (χ0) is 25.0. The van der Waals surface area contributed by atoms with Crippen molar-refractivity contribution in [2.24, 2.45) is 11.1 Å². The SMILES string of the molecule is Cc1ccc(C)c(-c2nc(COc3cccc(CN([C@H](C(=O)O)C(C)C)S(N)(=O)=O)c3)co2)c1. The molecule has 10 heteroatoms. The molecule has 34 heavy (non-hydrogen) atoms. The van der Waals surface area contributed by atoms with Crippen LogP contribution in [0.15, 0.2) is 53.1 Å². The van der Waals surface area contributed by atoms with Gasteiger partial charge in [-0.3, -0.25) is 4.79 Å². The molecule has 0 radical (unpaired) electrons. The number of aliphatic carboxylic acids is 1. The van der Waals surface area contributed by atoms with Crippen molar-refractivity contribution < 1.29 is 27.5 Å². The van der Waals surface area contributed by atoms with Crippen molar-refractivity contribution in [2.75, 3.05) is 0 Å². The summed E-state index contributed by atoms with van der Waals surface area (Å²) in [5.74, 6) is -0.763. The van der Waals surface area contributed by atoms with Crippen LogP contribution in [0.2, 0.25) is 0 Å². The minimum absolute atomic E-state index is 0.139. The molecular weight excluding hydrogens is 458 g/mol. The number of benzene rings is 2. The molecule has 0 saturated carbocycles. The van der Waals surface area contributed by atoms with Gasteiger partial charge in [0.2, 0.25) is 5.89 Å². The minimum atomic E-state index is -4.26. The Bertz CT molecular complexity index is 1270. The van der Waals surface area contributed by atoms with Crippen molar-refractivity contribution in [3.05, 3.63) is 71.1 Å². The summed E-state index contributed by atoms with van der Waals surface area (Å²) in [6.07, 6.45) is 1.53. The molecule has 1 aromatic heterocycles. The van der Waals surface area contributed by atoms with E-state index in [0.29, 0.717) is 22.9 Å². The fourth-order valence-corrected chi connectivity index (χ4v) is 4.60. The Hall–Kier alpha value is -3.21. The number of aromatic nitrogens is 1. The van der Waals surface area contributed by atoms with E-state index in [2.05, 4.69) is 4.98 Å². The lowest BCUT2D eigenvalue weighted by atomic mass is 10.0. The normalized spacial score (nSPS) is 12.8. The first-order valence-corrected chi connectivity index (χ1v) is 12.2. The quantitative estimate of drug-likeness (QED) is 0.445. The van der Waals surface area contributed by atoms with Gasteiger partial charge in [0.1, 0.15) is 30.4 Å². The molecule has 3 rings (SSSR count). The van der Waals surface area contributed by atoms with Gasteiger partial charge in [-0.25, -0.2) is 10.1 Å². The number of nitrogens with zero attached hydrogens (tertiary/aromatic N) is 2. The molecule has 0 spiro atoms. The minimum Gasteiger partial charge on any atom is -0.487 e. The number of ether oxygens (including phenoxy) is 1. The Morgan fingerprint density at radius 3 is 2.59 bits per heavy atom. The molecule has 182 valence electrons. The van der Waals surface area contributed by atoms with Crippen molar-refractivity contribution in [2.45, 2.75) is 46.9 Å². The summed E-state index contributed by atoms with van der Waals surface area (Å²) < 4.78 is 36.5. The molecule has 1 heterocycles. The predicted molar refractivity (Wildman–Crippen MR) is 127 cm³/mol. The number of hydrogen-bond donors (Lipinski definition) is 2. The van der Waals surface area contributed by atoms with Crippen LogP contribution < -0.4 is 9.88 Å². The first kappa shape index (κ1) is 25.4. The van der Waals surface area contributed by atoms with E-state index in [1.165, 1.54) is 6.26 Å². The summed E-state index contributed by atoms with van der Waals surface area (Å²) in [4.78, 5) is 16.2. The molecule has 0 amide bonds. The highest BCUT2D eigenvalue weighted by atomic mass is 32.2. The van der Waals surface area contributed by atoms with Crippen LogP contribution in [-0.4, -0.2) is 34.8 Å². The molecule has 9 nitrogen and oxygen atoms in total. The maximum Gasteiger partial charge on any atom is 0.322 e. The van der Waals surface area contributed by atoms with Gasteiger partial charge in [-0.2, -0.15) is 12.7 Å². The van der Waals surface area contributed by atoms with Crippen LogP contribution in [0.4, 0.5) is 0 Å². The fraction of sp³-hybridized carbons (Fsp3) is 0.333. The second kappa shape index (κ2) is 10.4. The van der Waals surface area contributed by atoms with Crippen LogP contribution in [-0.2, 0) is 28.2 Å². The topological polar surface area (TPSA) is 136 Å². The summed E-state index contributed by atoms with van der Waals surface area (Å²) in [7, 11) is -4.26. The van der Waals surface area contributed by atoms with Crippen molar-refractivity contribution in [1.29, 1.82) is 0 Å². The van der Waals surface area contributed by atoms with Gasteiger partial charge in [-0.05, 0) is 49.1 Å². The zero-order valence-corrected chi connectivity index (χ0v) is 20.4. The van der Waals surface area contributed by atoms with Gasteiger partial charge >= 0.3 is 5.97 Å². The largest absolute Gasteiger partial charge is 0.487 e. The highest BCUT2D eigenvalue weighted by Crippen LogP contribution is 2.25. The molecule has 0 fully saturated rings. The van der Waals surface area contributed by atoms with E-state index in [0.717, 1.165) is 21.0 Å². The number of oxazole rings is 1. The second-order valence-corrected chi connectivity index (χ2v) is 10.0. The Labute approximate surface area is 199 Å². The van der Waals surface area contributed by atoms with Crippen LogP contribution >= 0.6 is 0 Å². The van der Waals surface area contributed by atoms with E-state index >= 15 is 0 Å². The molecule has 0 aliphatic carbocycles. The van der Waals surface area contributed by atoms with E-state index in [1.54, 1.807) is 38.1 Å². The van der Waals surface area contributed by atoms with Gasteiger partial charge in [-0.1, -0.05) is 43.7 Å². The van der Waals surface area contributed by atoms with Crippen molar-refractivity contribution in [1.82, 2.24) is 9.29 Å². The van der Waals surface area contributed by atoms with Crippen LogP contribution in [0, 0.1) is 19.8 Å². The maximum absolute atomic E-state index is 12.1. The molecule has 0 unspecified atom stereocenters. The number of aryl methyl sites for hydroxylation is 2. The van der Waals surface area contributed by atoms with Gasteiger partial charge < -0.3 is 14.3 Å². The summed E-state index contributed by atoms with van der Waals surface area (Å²) >= 11 is 0. The van der Waals surface area contributed by atoms with Crippen molar-refractivity contribution >= 4 is 16.2 Å². The Morgan fingerprint density at radius 1 is 1.21 bits per heavy atom. The maximum atomic E-state index is 12.1. The van der Waals surface area contributed by atoms with E-state index in [-0.39, 0.29) is 13.2 Å². The Morgan fingerprint density at radius 2 is 1.94 bits per heavy atom. The lowest BCUT2D eigenvalue weighted by Gasteiger charge is -2.28. The van der Waals surface area contributed by atoms with Crippen LogP contribution in [0.3, 0.4) is 0 Å². The van der Waals surface area contributed by atoms with Crippen LogP contribution in [0.1, 0.15) is 36.2 Å². The van der Waals surface area contributed by atoms with Gasteiger partial charge in [0.25, 0.3) is 10.2 Å². The molecule has 3 aromatic rings. The fourth-order valence-electron chi connectivity index (χ4n) is 3.62. The average Bonchev–Trinajstić information content (AvgIpc) is 3.21. The Kier molecular flexibility index (Phi) is 7.75. The molecule has 0 bridgehead atoms. The number of carboxylic acid groups (broad SMARTS) is 1. The van der Waals surface area contributed by atoms with E-state index < -0.39 is 28.1 Å². The number of hydrogen-bond acceptors (Lipinski definition) is 6. The third-order valence-corrected chi connectivity index (χ3v) is 6.33. The monoisotopic (exact) mass is 487 g/mol. The van der Waals surface area contributed by atoms with E-state index in [9.17, 15) is 18.3 Å². The molecule has 3 N–H and O–H groups in total. The lowest BCUT2D eigenvalue weighted by molar-refractivity contribution is -0.143. The molecule has 0 aliphatic rings. The smallest absolute Gasteiger partial charge is 0.322 e. The molecule has 2 aromatic carbocycles. The summed E-state index contributed by atoms with van der Waals surface area (Å²) in [5, 5.41) is 14.9. The molecule has 1 atom stereocenters. The molecular formula is C24H29N3O6S. The predicted octanol–water partition coefficient (Wildman–Crippen LogP) is 3.65. The van der Waals surface area contributed by atoms with Crippen LogP contribution in [0.25, 0.3) is 11.5 Å². The van der Waals surface area contributed by atoms with Crippen molar-refractivity contribution in [3.8, 4) is 17.2 Å². The Balaban J connectivity index is 1.74. The van der Waals surface area contributed by atoms with Crippen LogP contribution in [0.5, 0.6) is 5.75 Å². The number of carboxylic acids is 1.